The molecule has 1 aromatic carbocycles. The predicted octanol–water partition coefficient (Wildman–Crippen LogP) is 1.16. The first kappa shape index (κ1) is 31.0. The molecule has 0 spiro atoms. The van der Waals surface area contributed by atoms with E-state index in [2.05, 4.69) is 10.3 Å². The molecule has 0 radical (unpaired) electrons. The number of aromatic nitrogens is 1. The summed E-state index contributed by atoms with van der Waals surface area (Å²) in [5.41, 5.74) is 1.11. The first-order chi connectivity index (χ1) is 20.6. The molecule has 2 aliphatic heterocycles. The Morgan fingerprint density at radius 3 is 2.44 bits per heavy atom. The van der Waals surface area contributed by atoms with Crippen LogP contribution >= 0.6 is 0 Å². The number of rotatable bonds is 10. The monoisotopic (exact) mass is 599 g/mol. The van der Waals surface area contributed by atoms with Crippen LogP contribution in [0, 0.1) is 6.92 Å². The number of aryl methyl sites for hydroxylation is 1. The number of hydrogen-bond acceptors (Lipinski definition) is 10. The van der Waals surface area contributed by atoms with Gasteiger partial charge in [0.15, 0.2) is 6.61 Å². The Balaban J connectivity index is 1.52. The molecule has 0 unspecified atom stereocenters. The zero-order valence-corrected chi connectivity index (χ0v) is 23.9. The van der Waals surface area contributed by atoms with Crippen molar-refractivity contribution in [2.45, 2.75) is 32.7 Å². The van der Waals surface area contributed by atoms with Crippen molar-refractivity contribution in [3.63, 3.8) is 0 Å². The molecule has 1 aromatic heterocycles. The predicted molar refractivity (Wildman–Crippen MR) is 148 cm³/mol. The molecule has 2 aliphatic rings. The van der Waals surface area contributed by atoms with Crippen LogP contribution in [0.1, 0.15) is 35.8 Å². The van der Waals surface area contributed by atoms with E-state index in [0.717, 1.165) is 10.5 Å². The number of carboxylic acid groups (broad SMARTS) is 1. The van der Waals surface area contributed by atoms with E-state index >= 15 is 0 Å². The van der Waals surface area contributed by atoms with Gasteiger partial charge < -0.3 is 34.4 Å². The SMILES string of the molecule is CCOC(=O)N1CCN(C(=O)[C@H](CCC(=O)O)NC(=O)c2cc(OCC(=O)N3CCOC3=O)c3ccc(C)cc3n2)CC1. The Bertz CT molecular complexity index is 1420. The topological polar surface area (TPSA) is 185 Å². The smallest absolute Gasteiger partial charge is 0.416 e. The Morgan fingerprint density at radius 1 is 1.07 bits per heavy atom. The van der Waals surface area contributed by atoms with E-state index in [1.165, 1.54) is 15.9 Å². The second-order valence-electron chi connectivity index (χ2n) is 9.94. The van der Waals surface area contributed by atoms with Crippen LogP contribution in [-0.4, -0.2) is 119 Å². The third kappa shape index (κ3) is 7.67. The molecular formula is C28H33N5O10. The van der Waals surface area contributed by atoms with E-state index in [9.17, 15) is 33.9 Å². The maximum absolute atomic E-state index is 13.4. The van der Waals surface area contributed by atoms with Crippen LogP contribution in [0.5, 0.6) is 5.75 Å². The normalized spacial score (nSPS) is 15.6. The highest BCUT2D eigenvalue weighted by Crippen LogP contribution is 2.27. The van der Waals surface area contributed by atoms with Crippen LogP contribution in [0.4, 0.5) is 9.59 Å². The Kier molecular flexibility index (Phi) is 9.95. The molecule has 0 aliphatic carbocycles. The summed E-state index contributed by atoms with van der Waals surface area (Å²) in [5, 5.41) is 12.4. The fourth-order valence-electron chi connectivity index (χ4n) is 4.68. The number of amides is 5. The minimum atomic E-state index is -1.18. The first-order valence-corrected chi connectivity index (χ1v) is 13.8. The molecule has 2 fully saturated rings. The van der Waals surface area contributed by atoms with Gasteiger partial charge in [-0.3, -0.25) is 19.2 Å². The number of imide groups is 1. The second-order valence-corrected chi connectivity index (χ2v) is 9.94. The Hall–Kier alpha value is -4.95. The molecule has 43 heavy (non-hydrogen) atoms. The minimum Gasteiger partial charge on any atom is -0.483 e. The Morgan fingerprint density at radius 2 is 1.79 bits per heavy atom. The van der Waals surface area contributed by atoms with E-state index < -0.39 is 48.5 Å². The van der Waals surface area contributed by atoms with Crippen molar-refractivity contribution in [3.05, 3.63) is 35.5 Å². The summed E-state index contributed by atoms with van der Waals surface area (Å²) in [7, 11) is 0. The molecule has 5 amide bonds. The summed E-state index contributed by atoms with van der Waals surface area (Å²) in [6.45, 7) is 4.26. The molecule has 4 rings (SSSR count). The molecule has 2 saturated heterocycles. The minimum absolute atomic E-state index is 0.0925. The lowest BCUT2D eigenvalue weighted by Crippen LogP contribution is -2.56. The number of carboxylic acids is 1. The number of ether oxygens (including phenoxy) is 3. The fraction of sp³-hybridized carbons (Fsp3) is 0.464. The van der Waals surface area contributed by atoms with Gasteiger partial charge in [-0.05, 0) is 38.0 Å². The van der Waals surface area contributed by atoms with Gasteiger partial charge in [0.2, 0.25) is 5.91 Å². The summed E-state index contributed by atoms with van der Waals surface area (Å²) in [4.78, 5) is 82.7. The van der Waals surface area contributed by atoms with Gasteiger partial charge in [-0.2, -0.15) is 0 Å². The number of carbonyl (C=O) groups is 6. The first-order valence-electron chi connectivity index (χ1n) is 13.8. The maximum Gasteiger partial charge on any atom is 0.416 e. The highest BCUT2D eigenvalue weighted by Gasteiger charge is 2.32. The number of hydrogen-bond donors (Lipinski definition) is 2. The molecule has 1 atom stereocenters. The van der Waals surface area contributed by atoms with Crippen molar-refractivity contribution < 1.29 is 48.1 Å². The quantitative estimate of drug-likeness (QED) is 0.399. The number of cyclic esters (lactones) is 1. The molecule has 15 heteroatoms. The highest BCUT2D eigenvalue weighted by atomic mass is 16.6. The average Bonchev–Trinajstić information content (AvgIpc) is 3.42. The van der Waals surface area contributed by atoms with Crippen molar-refractivity contribution in [2.24, 2.45) is 0 Å². The van der Waals surface area contributed by atoms with Crippen LogP contribution < -0.4 is 10.1 Å². The van der Waals surface area contributed by atoms with Gasteiger partial charge in [0.1, 0.15) is 24.1 Å². The largest absolute Gasteiger partial charge is 0.483 e. The van der Waals surface area contributed by atoms with Crippen LogP contribution in [0.25, 0.3) is 10.9 Å². The van der Waals surface area contributed by atoms with Crippen molar-refractivity contribution in [2.75, 3.05) is 52.5 Å². The van der Waals surface area contributed by atoms with E-state index in [-0.39, 0.29) is 70.2 Å². The van der Waals surface area contributed by atoms with Crippen LogP contribution in [-0.2, 0) is 23.9 Å². The van der Waals surface area contributed by atoms with E-state index in [4.69, 9.17) is 14.2 Å². The third-order valence-corrected chi connectivity index (χ3v) is 6.94. The molecule has 0 bridgehead atoms. The molecule has 230 valence electrons. The molecule has 15 nitrogen and oxygen atoms in total. The van der Waals surface area contributed by atoms with Crippen molar-refractivity contribution in [1.29, 1.82) is 0 Å². The lowest BCUT2D eigenvalue weighted by atomic mass is 10.1. The van der Waals surface area contributed by atoms with Crippen molar-refractivity contribution in [3.8, 4) is 5.75 Å². The van der Waals surface area contributed by atoms with Gasteiger partial charge >= 0.3 is 18.2 Å². The lowest BCUT2D eigenvalue weighted by molar-refractivity contribution is -0.138. The summed E-state index contributed by atoms with van der Waals surface area (Å²) < 4.78 is 15.5. The number of nitrogens with zero attached hydrogens (tertiary/aromatic N) is 4. The van der Waals surface area contributed by atoms with E-state index in [0.29, 0.717) is 10.9 Å². The van der Waals surface area contributed by atoms with Crippen molar-refractivity contribution in [1.82, 2.24) is 25.0 Å². The standard InChI is InChI=1S/C28H33N5O10/c1-3-41-27(39)32-10-8-31(9-11-32)26(38)19(6-7-24(35)36)30-25(37)21-15-22(18-5-4-17(2)14-20(18)29-21)43-16-23(34)33-12-13-42-28(33)40/h4-5,14-15,19H,3,6-13,16H2,1-2H3,(H,30,37)(H,35,36)/t19-/m0/s1. The number of carbonyl (C=O) groups excluding carboxylic acids is 5. The summed E-state index contributed by atoms with van der Waals surface area (Å²) in [6, 6.07) is 5.38. The van der Waals surface area contributed by atoms with Crippen LogP contribution in [0.3, 0.4) is 0 Å². The molecule has 0 saturated carbocycles. The number of fused-ring (bicyclic) bond motifs is 1. The summed E-state index contributed by atoms with van der Waals surface area (Å²) in [5.74, 6) is -2.85. The number of nitrogens with one attached hydrogen (secondary N) is 1. The zero-order valence-electron chi connectivity index (χ0n) is 23.9. The summed E-state index contributed by atoms with van der Waals surface area (Å²) >= 11 is 0. The van der Waals surface area contributed by atoms with E-state index in [1.807, 2.05) is 6.92 Å². The maximum atomic E-state index is 13.4. The number of pyridine rings is 1. The van der Waals surface area contributed by atoms with Gasteiger partial charge in [-0.1, -0.05) is 6.07 Å². The third-order valence-electron chi connectivity index (χ3n) is 6.94. The highest BCUT2D eigenvalue weighted by molar-refractivity contribution is 6.00. The average molecular weight is 600 g/mol. The van der Waals surface area contributed by atoms with Gasteiger partial charge in [-0.15, -0.1) is 0 Å². The number of aliphatic carboxylic acids is 1. The fourth-order valence-corrected chi connectivity index (χ4v) is 4.68. The van der Waals surface area contributed by atoms with Crippen LogP contribution in [0.2, 0.25) is 0 Å². The second kappa shape index (κ2) is 13.8. The number of benzene rings is 1. The molecule has 3 heterocycles. The van der Waals surface area contributed by atoms with Gasteiger partial charge in [0.25, 0.3) is 11.8 Å². The van der Waals surface area contributed by atoms with Gasteiger partial charge in [0, 0.05) is 44.1 Å². The summed E-state index contributed by atoms with van der Waals surface area (Å²) in [6.07, 6.45) is -1.79. The lowest BCUT2D eigenvalue weighted by Gasteiger charge is -2.35. The van der Waals surface area contributed by atoms with E-state index in [1.54, 1.807) is 25.1 Å². The number of piperazine rings is 1. The van der Waals surface area contributed by atoms with Crippen LogP contribution in [0.15, 0.2) is 24.3 Å². The van der Waals surface area contributed by atoms with Gasteiger partial charge in [-0.25, -0.2) is 19.5 Å². The Labute approximate surface area is 246 Å². The molecule has 2 N–H and O–H groups in total. The molecular weight excluding hydrogens is 566 g/mol. The van der Waals surface area contributed by atoms with Gasteiger partial charge in [0.05, 0.1) is 18.7 Å². The molecule has 2 aromatic rings. The van der Waals surface area contributed by atoms with Crippen molar-refractivity contribution >= 4 is 46.8 Å². The zero-order chi connectivity index (χ0) is 31.1.